The Bertz CT molecular complexity index is 4180. The molecule has 33 heteroatoms. The van der Waals surface area contributed by atoms with Gasteiger partial charge in [-0.3, -0.25) is 62.4 Å². The summed E-state index contributed by atoms with van der Waals surface area (Å²) in [5.74, 6) is -8.24. The molecule has 7 amide bonds. The number of carbonyl (C=O) groups is 8. The summed E-state index contributed by atoms with van der Waals surface area (Å²) in [6.07, 6.45) is 0.0620. The number of unbranched alkanes of at least 4 members (excludes halogenated alkanes) is 1. The molecule has 0 radical (unpaired) electrons. The number of carbonyl (C=O) groups excluding carboxylic acids is 7. The van der Waals surface area contributed by atoms with Gasteiger partial charge < -0.3 is 84.4 Å². The zero-order valence-electron chi connectivity index (χ0n) is 61.8. The lowest BCUT2D eigenvalue weighted by atomic mass is 9.55. The lowest BCUT2D eigenvalue weighted by Crippen LogP contribution is -2.56. The standard InChI is InChI=1S/C72H105N16O16P/c1-36-24-48-49(25-37(36)2)88(35-82-48)66-61(97)62(50(33-89)102-66)104-105(100,101)103-38(3)31-80-58(96)20-21-69(8)45(27-54(76)92)65-72(11)71(10,30-56(78)94)44(16-19-57(95)79-22-12-13-23-87-32-41(81-34-87)26-46(73)67(98)99)60(86-72)40(5)64-70(9,29-55(77)93)42(14-17-52(74)90)47(83-64)28-51-68(6,7)43(15-18-53(75)91)59(84-51)39(4)63(69)85-65/h24-25,28,32,34-35,38,42-46,50,61-62,65-66,83,89,97H,12-23,26-27,29-31,33,73H2,1-11H3,(H2,74,90)(H2,75,91)(H2,76,92)(H2,77,93)(H2,78,94)(H,79,95)(H,80,96)(H,98,99)(H,100,101)/b47-28-,59-39-,64-40-/t38-,42-,43-,44-,45+,46?,50+,61-,62-,65-,66?,69-,70+,71+,72+/m1/s1. The number of benzene rings is 1. The number of aliphatic imine (C=N–C) groups is 3. The number of hydrogen-bond donors (Lipinski definition) is 13. The fourth-order valence-corrected chi connectivity index (χ4v) is 18.3. The molecule has 2 fully saturated rings. The van der Waals surface area contributed by atoms with Crippen molar-refractivity contribution in [1.82, 2.24) is 35.1 Å². The summed E-state index contributed by atoms with van der Waals surface area (Å²) in [7, 11) is -5.10. The average Bonchev–Trinajstić information content (AvgIpc) is 1.53. The summed E-state index contributed by atoms with van der Waals surface area (Å²) in [6, 6.07) is 1.55. The average molecular weight is 1480 g/mol. The fourth-order valence-electron chi connectivity index (χ4n) is 17.1. The van der Waals surface area contributed by atoms with Crippen molar-refractivity contribution in [2.45, 2.75) is 221 Å². The predicted octanol–water partition coefficient (Wildman–Crippen LogP) is 3.43. The number of carboxylic acids is 1. The van der Waals surface area contributed by atoms with Crippen LogP contribution in [0.25, 0.3) is 11.0 Å². The summed E-state index contributed by atoms with van der Waals surface area (Å²) >= 11 is 0. The summed E-state index contributed by atoms with van der Waals surface area (Å²) in [5.41, 5.74) is 37.8. The SMILES string of the molecule is C/C1=C2N=C(/C=C3\N/C(=C(/C)C4=N[C@@](C)([C@@H]5N=C1[C@](C)(CCC(=O)NC[C@@H](C)OP(=O)(O)O[C@@H]1[C@H](CO)OC(n6cnc7cc(C)c(C)cc76)[C@@H]1O)[C@H]5CC(N)=O)[C@@](C)(CC(N)=O)[C@@H]4CCC(=O)NCCCCn1cnc(CC(N)C(=O)O)c1)[C@@](C)(CC(N)=O)[C@@H]3CCC(N)=O)C(C)(C)[C@@H]/2CCC(N)=O. The van der Waals surface area contributed by atoms with Gasteiger partial charge in [-0.25, -0.2) is 14.5 Å². The van der Waals surface area contributed by atoms with Crippen LogP contribution in [0.2, 0.25) is 0 Å². The minimum atomic E-state index is -5.10. The van der Waals surface area contributed by atoms with E-state index in [9.17, 15) is 63.1 Å². The third-order valence-electron chi connectivity index (χ3n) is 23.2. The molecule has 3 aromatic rings. The van der Waals surface area contributed by atoms with Crippen LogP contribution in [-0.4, -0.2) is 166 Å². The van der Waals surface area contributed by atoms with Crippen molar-refractivity contribution in [3.63, 3.8) is 0 Å². The Morgan fingerprint density at radius 2 is 1.44 bits per heavy atom. The molecule has 3 unspecified atom stereocenters. The van der Waals surface area contributed by atoms with Crippen molar-refractivity contribution in [2.24, 2.45) is 94.7 Å². The van der Waals surface area contributed by atoms with Crippen LogP contribution in [0.3, 0.4) is 0 Å². The van der Waals surface area contributed by atoms with E-state index in [0.717, 1.165) is 11.1 Å². The normalized spacial score (nSPS) is 31.3. The predicted molar refractivity (Wildman–Crippen MR) is 388 cm³/mol. The smallest absolute Gasteiger partial charge is 0.472 e. The molecule has 0 aliphatic carbocycles. The van der Waals surface area contributed by atoms with E-state index >= 15 is 0 Å². The number of phosphoric ester groups is 1. The first-order valence-corrected chi connectivity index (χ1v) is 37.3. The Hall–Kier alpha value is -8.36. The Morgan fingerprint density at radius 1 is 0.790 bits per heavy atom. The zero-order valence-corrected chi connectivity index (χ0v) is 62.7. The van der Waals surface area contributed by atoms with Crippen molar-refractivity contribution in [3.05, 3.63) is 82.1 Å². The van der Waals surface area contributed by atoms with Gasteiger partial charge in [-0.15, -0.1) is 0 Å². The van der Waals surface area contributed by atoms with Gasteiger partial charge in [-0.05, 0) is 121 Å². The van der Waals surface area contributed by atoms with E-state index in [1.165, 1.54) is 13.3 Å². The number of hydrogen-bond acceptors (Lipinski definition) is 21. The minimum absolute atomic E-state index is 0.0359. The Labute approximate surface area is 610 Å². The van der Waals surface area contributed by atoms with Crippen LogP contribution in [0.4, 0.5) is 0 Å². The number of nitrogens with one attached hydrogen (secondary N) is 3. The highest BCUT2D eigenvalue weighted by Crippen LogP contribution is 2.63. The third-order valence-corrected chi connectivity index (χ3v) is 24.3. The first kappa shape index (κ1) is 80.7. The van der Waals surface area contributed by atoms with Crippen molar-refractivity contribution < 1.29 is 76.9 Å². The van der Waals surface area contributed by atoms with Gasteiger partial charge in [-0.1, -0.05) is 34.6 Å². The van der Waals surface area contributed by atoms with Crippen molar-refractivity contribution in [2.75, 3.05) is 19.7 Å². The monoisotopic (exact) mass is 1480 g/mol. The lowest BCUT2D eigenvalue weighted by Gasteiger charge is -2.48. The molecule has 6 aliphatic heterocycles. The number of fused-ring (bicyclic) bond motifs is 7. The molecule has 9 rings (SSSR count). The number of aromatic nitrogens is 4. The van der Waals surface area contributed by atoms with Gasteiger partial charge in [0.2, 0.25) is 41.4 Å². The second-order valence-corrected chi connectivity index (χ2v) is 32.3. The van der Waals surface area contributed by atoms with Gasteiger partial charge >= 0.3 is 13.8 Å². The van der Waals surface area contributed by atoms with Gasteiger partial charge in [0.1, 0.15) is 24.4 Å². The molecule has 6 aliphatic rings. The van der Waals surface area contributed by atoms with Gasteiger partial charge in [0.05, 0.1) is 53.7 Å². The molecular weight excluding hydrogens is 1380 g/mol. The van der Waals surface area contributed by atoms with Crippen LogP contribution < -0.4 is 50.4 Å². The maximum absolute atomic E-state index is 14.6. The number of carboxylic acid groups (broad SMARTS) is 1. The molecule has 16 atom stereocenters. The molecule has 0 spiro atoms. The Balaban J connectivity index is 1.08. The third kappa shape index (κ3) is 16.8. The molecule has 2 aromatic heterocycles. The van der Waals surface area contributed by atoms with E-state index in [0.29, 0.717) is 81.5 Å². The van der Waals surface area contributed by atoms with Gasteiger partial charge in [0, 0.05) is 157 Å². The number of aryl methyl sites for hydroxylation is 3. The van der Waals surface area contributed by atoms with Crippen LogP contribution in [0.1, 0.15) is 169 Å². The number of allylic oxidation sites excluding steroid dienone is 6. The first-order chi connectivity index (χ1) is 49.1. The Kier molecular flexibility index (Phi) is 24.3. The first-order valence-electron chi connectivity index (χ1n) is 35.8. The summed E-state index contributed by atoms with van der Waals surface area (Å²) in [6.45, 7) is 20.1. The quantitative estimate of drug-likeness (QED) is 0.0301. The Morgan fingerprint density at radius 3 is 2.08 bits per heavy atom. The van der Waals surface area contributed by atoms with Crippen LogP contribution in [-0.2, 0) is 69.7 Å². The number of aliphatic hydroxyl groups is 2. The highest BCUT2D eigenvalue weighted by Gasteiger charge is 2.66. The number of imidazole rings is 2. The highest BCUT2D eigenvalue weighted by molar-refractivity contribution is 7.47. The second kappa shape index (κ2) is 31.6. The molecule has 8 bridgehead atoms. The van der Waals surface area contributed by atoms with E-state index < -0.39 is 149 Å². The fraction of sp³-hybridized carbons (Fsp3) is 0.625. The number of nitrogens with zero attached hydrogens (tertiary/aromatic N) is 7. The number of aliphatic hydroxyl groups excluding tert-OH is 2. The van der Waals surface area contributed by atoms with E-state index in [1.807, 2.05) is 92.0 Å². The lowest BCUT2D eigenvalue weighted by molar-refractivity contribution is -0.138. The van der Waals surface area contributed by atoms with Crippen LogP contribution in [0.15, 0.2) is 80.3 Å². The molecule has 1 aromatic carbocycles. The van der Waals surface area contributed by atoms with Crippen LogP contribution in [0, 0.1) is 59.2 Å². The molecule has 0 saturated carbocycles. The van der Waals surface area contributed by atoms with Crippen molar-refractivity contribution >= 4 is 83.3 Å². The number of phosphoric acid groups is 1. The second-order valence-electron chi connectivity index (χ2n) is 30.9. The number of nitrogens with two attached hydrogens (primary N) is 6. The number of rotatable bonds is 34. The molecule has 105 heavy (non-hydrogen) atoms. The molecule has 19 N–H and O–H groups in total. The largest absolute Gasteiger partial charge is 0.480 e. The summed E-state index contributed by atoms with van der Waals surface area (Å²) in [4.78, 5) is 145. The van der Waals surface area contributed by atoms with Crippen LogP contribution in [0.5, 0.6) is 0 Å². The molecular formula is C72H105N16O16P. The number of ether oxygens (including phenoxy) is 1. The zero-order chi connectivity index (χ0) is 77.4. The number of primary amides is 5. The van der Waals surface area contributed by atoms with E-state index in [2.05, 4.69) is 25.9 Å². The summed E-state index contributed by atoms with van der Waals surface area (Å²) in [5, 5.41) is 40.7. The van der Waals surface area contributed by atoms with E-state index in [1.54, 1.807) is 17.1 Å². The maximum Gasteiger partial charge on any atom is 0.472 e. The summed E-state index contributed by atoms with van der Waals surface area (Å²) < 4.78 is 34.3. The van der Waals surface area contributed by atoms with E-state index in [-0.39, 0.29) is 96.0 Å². The van der Waals surface area contributed by atoms with Gasteiger partial charge in [0.15, 0.2) is 6.23 Å². The van der Waals surface area contributed by atoms with Crippen LogP contribution >= 0.6 is 7.82 Å². The number of aliphatic carboxylic acids is 1. The minimum Gasteiger partial charge on any atom is -0.480 e. The molecule has 8 heterocycles. The molecule has 2 saturated heterocycles. The molecule has 574 valence electrons. The van der Waals surface area contributed by atoms with Gasteiger partial charge in [-0.2, -0.15) is 0 Å². The van der Waals surface area contributed by atoms with E-state index in [4.69, 9.17) is 63.2 Å². The topological polar surface area (TPSA) is 527 Å². The maximum atomic E-state index is 14.6. The molecule has 32 nitrogen and oxygen atoms in total. The highest BCUT2D eigenvalue weighted by atomic mass is 31.2. The van der Waals surface area contributed by atoms with Gasteiger partial charge in [0.25, 0.3) is 0 Å². The number of amides is 7. The van der Waals surface area contributed by atoms with Crippen molar-refractivity contribution in [1.29, 1.82) is 0 Å². The van der Waals surface area contributed by atoms with Crippen molar-refractivity contribution in [3.8, 4) is 0 Å².